The van der Waals surface area contributed by atoms with E-state index in [1.54, 1.807) is 0 Å². The summed E-state index contributed by atoms with van der Waals surface area (Å²) in [6.07, 6.45) is -7.40. The van der Waals surface area contributed by atoms with E-state index < -0.39 is 55.1 Å². The van der Waals surface area contributed by atoms with Gasteiger partial charge in [-0.1, -0.05) is 0 Å². The number of aromatic hydroxyl groups is 5. The Morgan fingerprint density at radius 3 is 2.40 bits per heavy atom. The maximum Gasteiger partial charge on any atom is 0.302 e. The van der Waals surface area contributed by atoms with Crippen molar-refractivity contribution in [3.05, 3.63) is 47.2 Å². The molecule has 12 nitrogen and oxygen atoms in total. The van der Waals surface area contributed by atoms with Gasteiger partial charge in [0.25, 0.3) is 11.9 Å². The van der Waals surface area contributed by atoms with Gasteiger partial charge >= 0.3 is 5.97 Å². The van der Waals surface area contributed by atoms with Crippen LogP contribution in [0.5, 0.6) is 28.7 Å². The number of carbonyl (C=O) groups is 1. The molecule has 2 aliphatic rings. The summed E-state index contributed by atoms with van der Waals surface area (Å²) in [4.78, 5) is 11.2. The normalized spacial score (nSPS) is 27.8. The minimum Gasteiger partial charge on any atom is -0.571 e. The number of rotatable bonds is 5. The molecule has 0 amide bonds. The summed E-state index contributed by atoms with van der Waals surface area (Å²) in [5, 5.41) is 70.8. The molecule has 0 bridgehead atoms. The van der Waals surface area contributed by atoms with Crippen LogP contribution in [0.4, 0.5) is 0 Å². The van der Waals surface area contributed by atoms with Crippen molar-refractivity contribution >= 4 is 12.0 Å². The number of phenols is 4. The lowest BCUT2D eigenvalue weighted by Crippen LogP contribution is -2.59. The van der Waals surface area contributed by atoms with Crippen LogP contribution in [0.1, 0.15) is 24.2 Å². The van der Waals surface area contributed by atoms with Gasteiger partial charge in [0.2, 0.25) is 6.29 Å². The Balaban J connectivity index is 1.69. The number of carbonyl (C=O) groups excluding carboxylic acids is 1. The molecule has 4 rings (SSSR count). The minimum absolute atomic E-state index is 0.00227. The third kappa shape index (κ3) is 4.91. The Kier molecular flexibility index (Phi) is 6.63. The van der Waals surface area contributed by atoms with Gasteiger partial charge in [-0.3, -0.25) is 4.79 Å². The van der Waals surface area contributed by atoms with E-state index >= 15 is 0 Å². The van der Waals surface area contributed by atoms with E-state index in [1.807, 2.05) is 0 Å². The predicted molar refractivity (Wildman–Crippen MR) is 116 cm³/mol. The molecule has 1 unspecified atom stereocenters. The van der Waals surface area contributed by atoms with Crippen LogP contribution in [-0.2, 0) is 19.0 Å². The second-order valence-electron chi connectivity index (χ2n) is 8.16. The van der Waals surface area contributed by atoms with Crippen LogP contribution in [0.2, 0.25) is 0 Å². The minimum atomic E-state index is -1.72. The summed E-state index contributed by atoms with van der Waals surface area (Å²) >= 11 is 0. The molecule has 8 N–H and O–H groups in total. The zero-order valence-electron chi connectivity index (χ0n) is 18.3. The Hall–Kier alpha value is -3.71. The van der Waals surface area contributed by atoms with Gasteiger partial charge in [0.05, 0.1) is 11.6 Å². The third-order valence-corrected chi connectivity index (χ3v) is 5.63. The molecule has 35 heavy (non-hydrogen) atoms. The predicted octanol–water partition coefficient (Wildman–Crippen LogP) is 0.233. The molecule has 6 atom stereocenters. The number of phenolic OH excluding ortho intramolecular Hbond substituents is 4. The monoisotopic (exact) mass is 493 g/mol. The van der Waals surface area contributed by atoms with Gasteiger partial charge in [0.15, 0.2) is 17.3 Å². The van der Waals surface area contributed by atoms with Crippen molar-refractivity contribution < 1.29 is 59.5 Å². The maximum atomic E-state index is 11.2. The number of hydrogen-bond donors (Lipinski definition) is 7. The number of aliphatic hydroxyl groups excluding tert-OH is 3. The lowest BCUT2D eigenvalue weighted by Gasteiger charge is -2.40. The summed E-state index contributed by atoms with van der Waals surface area (Å²) < 4.78 is 20.7. The van der Waals surface area contributed by atoms with Gasteiger partial charge in [0.1, 0.15) is 48.1 Å². The molecule has 0 radical (unpaired) electrons. The van der Waals surface area contributed by atoms with E-state index in [1.165, 1.54) is 30.3 Å². The molecule has 0 spiro atoms. The first-order chi connectivity index (χ1) is 16.5. The van der Waals surface area contributed by atoms with Crippen molar-refractivity contribution in [3.63, 3.8) is 0 Å². The van der Waals surface area contributed by atoms with E-state index in [9.17, 15) is 40.5 Å². The average Bonchev–Trinajstić information content (AvgIpc) is 2.80. The molecule has 2 aliphatic heterocycles. The topological polar surface area (TPSA) is 199 Å². The van der Waals surface area contributed by atoms with Crippen LogP contribution in [0.25, 0.3) is 6.08 Å². The van der Waals surface area contributed by atoms with E-state index in [0.29, 0.717) is 5.56 Å². The van der Waals surface area contributed by atoms with Gasteiger partial charge in [-0.15, -0.1) is 0 Å². The molecule has 0 aliphatic carbocycles. The first kappa shape index (κ1) is 24.4. The molecule has 12 heteroatoms. The highest BCUT2D eigenvalue weighted by Crippen LogP contribution is 2.46. The van der Waals surface area contributed by atoms with E-state index in [0.717, 1.165) is 13.0 Å². The van der Waals surface area contributed by atoms with Gasteiger partial charge in [-0.25, -0.2) is 0 Å². The molecule has 1 saturated heterocycles. The quantitative estimate of drug-likeness (QED) is 0.171. The molecule has 2 aromatic carbocycles. The molecule has 0 saturated carbocycles. The number of benzene rings is 2. The van der Waals surface area contributed by atoms with Crippen molar-refractivity contribution in [2.75, 3.05) is 6.61 Å². The molecule has 1 fully saturated rings. The smallest absolute Gasteiger partial charge is 0.302 e. The lowest BCUT2D eigenvalue weighted by atomic mass is 9.98. The number of fused-ring (bicyclic) bond motifs is 1. The third-order valence-electron chi connectivity index (χ3n) is 5.63. The fourth-order valence-electron chi connectivity index (χ4n) is 3.82. The van der Waals surface area contributed by atoms with Gasteiger partial charge in [0, 0.05) is 19.1 Å². The van der Waals surface area contributed by atoms with Crippen LogP contribution < -0.4 is 0 Å². The maximum absolute atomic E-state index is 11.2. The van der Waals surface area contributed by atoms with Crippen molar-refractivity contribution in [1.82, 2.24) is 0 Å². The standard InChI is InChI=1S/C23H24O12/c1-9(24)32-8-18-19(29)20(30)21(31)23(35-18)34-17-7-12-14(27)5-11(25)6-16(12)33-22(17)10-2-3-13(26)15(28)4-10/h2-7,18-23,25-31H,8H2,1H3/p+1/t18-,19-,20+,21-,22?,23-/m1/s1. The second-order valence-corrected chi connectivity index (χ2v) is 8.16. The number of esters is 1. The zero-order chi connectivity index (χ0) is 25.4. The van der Waals surface area contributed by atoms with Crippen LogP contribution in [0.15, 0.2) is 36.1 Å². The van der Waals surface area contributed by atoms with E-state index in [4.69, 9.17) is 14.2 Å². The summed E-state index contributed by atoms with van der Waals surface area (Å²) in [7, 11) is 0. The number of aliphatic hydroxyl groups is 4. The van der Waals surface area contributed by atoms with Crippen LogP contribution in [-0.4, -0.2) is 83.8 Å². The van der Waals surface area contributed by atoms with Crippen LogP contribution in [0.3, 0.4) is 0 Å². The Morgan fingerprint density at radius 1 is 0.971 bits per heavy atom. The van der Waals surface area contributed by atoms with Crippen molar-refractivity contribution in [2.24, 2.45) is 0 Å². The van der Waals surface area contributed by atoms with Crippen LogP contribution in [0, 0.1) is 0 Å². The second kappa shape index (κ2) is 9.50. The molecular formula is C23H25O12+. The summed E-state index contributed by atoms with van der Waals surface area (Å²) in [6.45, 7) is 0.740. The SMILES string of the molecule is CC(=O)OC[C@H]1O[C@@H](OC2=Cc3c(O)cc(O)cc3[OH+]C2c2ccc(O)c(O)c2)[C@H](O)[C@@H](O)[C@@H]1O. The highest BCUT2D eigenvalue weighted by molar-refractivity contribution is 5.69. The van der Waals surface area contributed by atoms with Crippen molar-refractivity contribution in [3.8, 4) is 28.7 Å². The first-order valence-corrected chi connectivity index (χ1v) is 10.5. The lowest BCUT2D eigenvalue weighted by molar-refractivity contribution is -0.296. The molecule has 2 aromatic rings. The number of ether oxygens (including phenoxy) is 4. The van der Waals surface area contributed by atoms with Crippen molar-refractivity contribution in [1.29, 1.82) is 0 Å². The van der Waals surface area contributed by atoms with E-state index in [2.05, 4.69) is 4.74 Å². The highest BCUT2D eigenvalue weighted by Gasteiger charge is 2.47. The first-order valence-electron chi connectivity index (χ1n) is 10.5. The largest absolute Gasteiger partial charge is 0.571 e. The van der Waals surface area contributed by atoms with Gasteiger partial charge in [-0.05, 0) is 18.2 Å². The number of hydrogen-bond acceptors (Lipinski definition) is 11. The zero-order valence-corrected chi connectivity index (χ0v) is 18.3. The fraction of sp³-hybridized carbons (Fsp3) is 0.348. The summed E-state index contributed by atoms with van der Waals surface area (Å²) in [5.74, 6) is -1.81. The fourth-order valence-corrected chi connectivity index (χ4v) is 3.82. The van der Waals surface area contributed by atoms with Crippen LogP contribution >= 0.6 is 0 Å². The molecule has 0 aromatic heterocycles. The Labute approximate surface area is 198 Å². The molecule has 188 valence electrons. The summed E-state index contributed by atoms with van der Waals surface area (Å²) in [5.41, 5.74) is 0.516. The Morgan fingerprint density at radius 2 is 1.71 bits per heavy atom. The average molecular weight is 493 g/mol. The van der Waals surface area contributed by atoms with Crippen molar-refractivity contribution in [2.45, 2.75) is 43.7 Å². The van der Waals surface area contributed by atoms with Gasteiger partial charge in [-0.2, -0.15) is 0 Å². The molecule has 2 heterocycles. The van der Waals surface area contributed by atoms with E-state index in [-0.39, 0.29) is 34.3 Å². The summed E-state index contributed by atoms with van der Waals surface area (Å²) in [6, 6.07) is 6.31. The van der Waals surface area contributed by atoms with Gasteiger partial charge < -0.3 is 54.7 Å². The molecular weight excluding hydrogens is 468 g/mol. The Bertz CT molecular complexity index is 1150. The highest BCUT2D eigenvalue weighted by atomic mass is 16.7.